The number of nitrogens with zero attached hydrogens (tertiary/aromatic N) is 3. The van der Waals surface area contributed by atoms with Gasteiger partial charge in [-0.2, -0.15) is 0 Å². The maximum atomic E-state index is 13.0. The molecule has 2 N–H and O–H groups in total. The second-order valence-electron chi connectivity index (χ2n) is 6.00. The zero-order valence-corrected chi connectivity index (χ0v) is 14.8. The van der Waals surface area contributed by atoms with Gasteiger partial charge in [0, 0.05) is 13.1 Å². The van der Waals surface area contributed by atoms with E-state index in [0.717, 1.165) is 5.56 Å². The molecule has 1 atom stereocenters. The molecule has 0 saturated carbocycles. The average molecular weight is 367 g/mol. The van der Waals surface area contributed by atoms with Gasteiger partial charge in [0.1, 0.15) is 23.7 Å². The molecule has 27 heavy (non-hydrogen) atoms. The third kappa shape index (κ3) is 4.55. The minimum Gasteiger partial charge on any atom is -0.344 e. The Morgan fingerprint density at radius 2 is 1.85 bits per heavy atom. The normalized spacial score (nSPS) is 11.7. The SMILES string of the molecule is CC(=O)Nc1ccc(-n2cnc(C(=O)N[C@@H](C)c3ccc(F)cc3)c2)nc1. The van der Waals surface area contributed by atoms with E-state index >= 15 is 0 Å². The molecular weight excluding hydrogens is 349 g/mol. The lowest BCUT2D eigenvalue weighted by Gasteiger charge is -2.13. The molecule has 0 aliphatic carbocycles. The van der Waals surface area contributed by atoms with Crippen LogP contribution in [0.4, 0.5) is 10.1 Å². The number of anilines is 1. The number of benzene rings is 1. The first-order valence-electron chi connectivity index (χ1n) is 8.26. The van der Waals surface area contributed by atoms with E-state index in [2.05, 4.69) is 20.6 Å². The van der Waals surface area contributed by atoms with Crippen molar-refractivity contribution in [1.29, 1.82) is 0 Å². The number of aromatic nitrogens is 3. The highest BCUT2D eigenvalue weighted by Gasteiger charge is 2.14. The van der Waals surface area contributed by atoms with Crippen LogP contribution in [0.2, 0.25) is 0 Å². The fraction of sp³-hybridized carbons (Fsp3) is 0.158. The number of carbonyl (C=O) groups is 2. The summed E-state index contributed by atoms with van der Waals surface area (Å²) in [6.45, 7) is 3.23. The number of rotatable bonds is 5. The van der Waals surface area contributed by atoms with Crippen molar-refractivity contribution in [2.24, 2.45) is 0 Å². The molecule has 7 nitrogen and oxygen atoms in total. The summed E-state index contributed by atoms with van der Waals surface area (Å²) in [6, 6.07) is 9.07. The van der Waals surface area contributed by atoms with Crippen molar-refractivity contribution in [3.63, 3.8) is 0 Å². The summed E-state index contributed by atoms with van der Waals surface area (Å²) < 4.78 is 14.6. The van der Waals surface area contributed by atoms with Crippen LogP contribution in [0.5, 0.6) is 0 Å². The van der Waals surface area contributed by atoms with Crippen molar-refractivity contribution >= 4 is 17.5 Å². The Balaban J connectivity index is 1.68. The number of carbonyl (C=O) groups excluding carboxylic acids is 2. The van der Waals surface area contributed by atoms with E-state index in [1.165, 1.54) is 31.6 Å². The molecule has 0 saturated heterocycles. The molecule has 2 aromatic heterocycles. The number of nitrogens with one attached hydrogen (secondary N) is 2. The molecular formula is C19H18FN5O2. The van der Waals surface area contributed by atoms with Crippen LogP contribution in [0, 0.1) is 5.82 Å². The highest BCUT2D eigenvalue weighted by molar-refractivity contribution is 5.92. The van der Waals surface area contributed by atoms with Crippen molar-refractivity contribution in [3.8, 4) is 5.82 Å². The average Bonchev–Trinajstić information content (AvgIpc) is 3.12. The van der Waals surface area contributed by atoms with E-state index in [1.807, 2.05) is 6.92 Å². The topological polar surface area (TPSA) is 88.9 Å². The molecule has 0 bridgehead atoms. The monoisotopic (exact) mass is 367 g/mol. The summed E-state index contributed by atoms with van der Waals surface area (Å²) in [7, 11) is 0. The first kappa shape index (κ1) is 18.2. The van der Waals surface area contributed by atoms with Gasteiger partial charge in [-0.15, -0.1) is 0 Å². The highest BCUT2D eigenvalue weighted by atomic mass is 19.1. The summed E-state index contributed by atoms with van der Waals surface area (Å²) >= 11 is 0. The van der Waals surface area contributed by atoms with Gasteiger partial charge in [-0.25, -0.2) is 14.4 Å². The predicted octanol–water partition coefficient (Wildman–Crippen LogP) is 2.86. The number of imidazole rings is 1. The minimum atomic E-state index is -0.347. The predicted molar refractivity (Wildman–Crippen MR) is 97.9 cm³/mol. The summed E-state index contributed by atoms with van der Waals surface area (Å²) in [6.07, 6.45) is 4.57. The fourth-order valence-corrected chi connectivity index (χ4v) is 2.49. The second-order valence-corrected chi connectivity index (χ2v) is 6.00. The number of halogens is 1. The van der Waals surface area contributed by atoms with Gasteiger partial charge in [0.2, 0.25) is 5.91 Å². The van der Waals surface area contributed by atoms with Crippen LogP contribution >= 0.6 is 0 Å². The van der Waals surface area contributed by atoms with Crippen LogP contribution in [-0.2, 0) is 4.79 Å². The van der Waals surface area contributed by atoms with Gasteiger partial charge in [0.05, 0.1) is 17.9 Å². The van der Waals surface area contributed by atoms with E-state index in [0.29, 0.717) is 11.5 Å². The van der Waals surface area contributed by atoms with Crippen LogP contribution in [-0.4, -0.2) is 26.3 Å². The van der Waals surface area contributed by atoms with Crippen molar-refractivity contribution < 1.29 is 14.0 Å². The number of hydrogen-bond donors (Lipinski definition) is 2. The largest absolute Gasteiger partial charge is 0.344 e. The summed E-state index contributed by atoms with van der Waals surface area (Å²) in [4.78, 5) is 31.8. The lowest BCUT2D eigenvalue weighted by atomic mass is 10.1. The second kappa shape index (κ2) is 7.77. The van der Waals surface area contributed by atoms with E-state index in [1.54, 1.807) is 35.0 Å². The molecule has 0 aliphatic rings. The standard InChI is InChI=1S/C19H18FN5O2/c1-12(14-3-5-15(20)6-4-14)23-19(27)17-10-25(11-22-17)18-8-7-16(9-21-18)24-13(2)26/h3-12H,1-2H3,(H,23,27)(H,24,26)/t12-/m0/s1. The molecule has 3 aromatic rings. The van der Waals surface area contributed by atoms with Crippen LogP contribution in [0.15, 0.2) is 55.1 Å². The summed E-state index contributed by atoms with van der Waals surface area (Å²) in [5, 5.41) is 5.46. The maximum absolute atomic E-state index is 13.0. The smallest absolute Gasteiger partial charge is 0.271 e. The van der Waals surface area contributed by atoms with Crippen molar-refractivity contribution in [3.05, 3.63) is 72.2 Å². The Kier molecular flexibility index (Phi) is 5.25. The van der Waals surface area contributed by atoms with Crippen LogP contribution in [0.1, 0.15) is 35.9 Å². The van der Waals surface area contributed by atoms with Crippen LogP contribution < -0.4 is 10.6 Å². The minimum absolute atomic E-state index is 0.179. The van der Waals surface area contributed by atoms with Gasteiger partial charge in [-0.1, -0.05) is 12.1 Å². The Morgan fingerprint density at radius 3 is 2.48 bits per heavy atom. The Bertz CT molecular complexity index is 951. The van der Waals surface area contributed by atoms with E-state index < -0.39 is 0 Å². The van der Waals surface area contributed by atoms with Crippen molar-refractivity contribution in [2.45, 2.75) is 19.9 Å². The Hall–Kier alpha value is -3.55. The van der Waals surface area contributed by atoms with Gasteiger partial charge in [0.15, 0.2) is 0 Å². The summed E-state index contributed by atoms with van der Waals surface area (Å²) in [5.74, 6) is -0.294. The molecule has 0 unspecified atom stereocenters. The van der Waals surface area contributed by atoms with Gasteiger partial charge in [-0.3, -0.25) is 14.2 Å². The molecule has 8 heteroatoms. The highest BCUT2D eigenvalue weighted by Crippen LogP contribution is 2.14. The molecule has 2 heterocycles. The zero-order chi connectivity index (χ0) is 19.4. The third-order valence-electron chi connectivity index (χ3n) is 3.87. The van der Waals surface area contributed by atoms with Crippen molar-refractivity contribution in [2.75, 3.05) is 5.32 Å². The quantitative estimate of drug-likeness (QED) is 0.726. The summed E-state index contributed by atoms with van der Waals surface area (Å²) in [5.41, 5.74) is 1.61. The van der Waals surface area contributed by atoms with E-state index in [4.69, 9.17) is 0 Å². The fourth-order valence-electron chi connectivity index (χ4n) is 2.49. The van der Waals surface area contributed by atoms with E-state index in [-0.39, 0.29) is 29.4 Å². The molecule has 0 spiro atoms. The van der Waals surface area contributed by atoms with Gasteiger partial charge in [0.25, 0.3) is 5.91 Å². The molecule has 0 aliphatic heterocycles. The Morgan fingerprint density at radius 1 is 1.11 bits per heavy atom. The van der Waals surface area contributed by atoms with Gasteiger partial charge >= 0.3 is 0 Å². The first-order chi connectivity index (χ1) is 12.9. The molecule has 0 radical (unpaired) electrons. The van der Waals surface area contributed by atoms with Crippen molar-refractivity contribution in [1.82, 2.24) is 19.9 Å². The Labute approximate surface area is 155 Å². The lowest BCUT2D eigenvalue weighted by Crippen LogP contribution is -2.26. The maximum Gasteiger partial charge on any atom is 0.271 e. The third-order valence-corrected chi connectivity index (χ3v) is 3.87. The van der Waals surface area contributed by atoms with Crippen LogP contribution in [0.3, 0.4) is 0 Å². The van der Waals surface area contributed by atoms with Gasteiger partial charge < -0.3 is 10.6 Å². The molecule has 0 fully saturated rings. The molecule has 3 rings (SSSR count). The number of hydrogen-bond acceptors (Lipinski definition) is 4. The zero-order valence-electron chi connectivity index (χ0n) is 14.8. The van der Waals surface area contributed by atoms with Crippen LogP contribution in [0.25, 0.3) is 5.82 Å². The van der Waals surface area contributed by atoms with E-state index in [9.17, 15) is 14.0 Å². The number of pyridine rings is 1. The lowest BCUT2D eigenvalue weighted by molar-refractivity contribution is -0.114. The molecule has 138 valence electrons. The molecule has 1 aromatic carbocycles. The number of amides is 2. The first-order valence-corrected chi connectivity index (χ1v) is 8.26. The van der Waals surface area contributed by atoms with Gasteiger partial charge in [-0.05, 0) is 36.8 Å². The molecule has 2 amide bonds.